The van der Waals surface area contributed by atoms with E-state index in [1.165, 1.54) is 12.8 Å². The molecule has 0 unspecified atom stereocenters. The number of methoxy groups -OCH3 is 1. The monoisotopic (exact) mass is 278 g/mol. The third kappa shape index (κ3) is 4.16. The number of carbonyl (C=O) groups excluding carboxylic acids is 1. The van der Waals surface area contributed by atoms with E-state index in [0.29, 0.717) is 36.5 Å². The van der Waals surface area contributed by atoms with Crippen LogP contribution in [0.2, 0.25) is 0 Å². The van der Waals surface area contributed by atoms with Crippen molar-refractivity contribution in [3.05, 3.63) is 17.6 Å². The van der Waals surface area contributed by atoms with Gasteiger partial charge >= 0.3 is 0 Å². The normalized spacial score (nSPS) is 15.3. The van der Waals surface area contributed by atoms with Crippen LogP contribution in [0.25, 0.3) is 0 Å². The first-order valence-electron chi connectivity index (χ1n) is 7.08. The Morgan fingerprint density at radius 3 is 2.85 bits per heavy atom. The van der Waals surface area contributed by atoms with E-state index < -0.39 is 0 Å². The molecule has 6 heteroatoms. The van der Waals surface area contributed by atoms with Crippen LogP contribution in [0, 0.1) is 6.92 Å². The number of anilines is 1. The lowest BCUT2D eigenvalue weighted by Crippen LogP contribution is -2.33. The second-order valence-corrected chi connectivity index (χ2v) is 5.06. The van der Waals surface area contributed by atoms with Crippen molar-refractivity contribution in [1.82, 2.24) is 15.3 Å². The van der Waals surface area contributed by atoms with Gasteiger partial charge in [-0.1, -0.05) is 12.8 Å². The van der Waals surface area contributed by atoms with Gasteiger partial charge in [-0.2, -0.15) is 0 Å². The summed E-state index contributed by atoms with van der Waals surface area (Å²) in [6.45, 7) is 3.02. The van der Waals surface area contributed by atoms with Crippen LogP contribution >= 0.6 is 0 Å². The Hall–Kier alpha value is -1.69. The second kappa shape index (κ2) is 7.19. The number of nitrogens with one attached hydrogen (secondary N) is 2. The molecule has 1 saturated carbocycles. The summed E-state index contributed by atoms with van der Waals surface area (Å²) in [5.74, 6) is 1.13. The van der Waals surface area contributed by atoms with Gasteiger partial charge in [0, 0.05) is 25.8 Å². The Balaban J connectivity index is 2.00. The van der Waals surface area contributed by atoms with E-state index in [-0.39, 0.29) is 5.91 Å². The molecule has 0 aliphatic heterocycles. The third-order valence-corrected chi connectivity index (χ3v) is 3.37. The van der Waals surface area contributed by atoms with E-state index in [4.69, 9.17) is 4.74 Å². The molecule has 0 radical (unpaired) electrons. The van der Waals surface area contributed by atoms with Crippen LogP contribution in [-0.2, 0) is 4.74 Å². The van der Waals surface area contributed by atoms with Gasteiger partial charge in [-0.25, -0.2) is 9.97 Å². The predicted molar refractivity (Wildman–Crippen MR) is 76.9 cm³/mol. The van der Waals surface area contributed by atoms with Gasteiger partial charge in [0.25, 0.3) is 5.91 Å². The molecule has 1 amide bonds. The van der Waals surface area contributed by atoms with Gasteiger partial charge in [-0.15, -0.1) is 0 Å². The van der Waals surface area contributed by atoms with E-state index in [9.17, 15) is 4.79 Å². The first-order valence-corrected chi connectivity index (χ1v) is 7.08. The van der Waals surface area contributed by atoms with Crippen molar-refractivity contribution in [3.63, 3.8) is 0 Å². The van der Waals surface area contributed by atoms with Gasteiger partial charge < -0.3 is 15.4 Å². The molecule has 6 nitrogen and oxygen atoms in total. The van der Waals surface area contributed by atoms with Crippen LogP contribution in [-0.4, -0.2) is 42.2 Å². The zero-order valence-corrected chi connectivity index (χ0v) is 12.1. The quantitative estimate of drug-likeness (QED) is 0.772. The molecular weight excluding hydrogens is 256 g/mol. The number of hydrogen-bond acceptors (Lipinski definition) is 5. The molecule has 1 heterocycles. The molecule has 110 valence electrons. The van der Waals surface area contributed by atoms with Crippen molar-refractivity contribution in [3.8, 4) is 0 Å². The summed E-state index contributed by atoms with van der Waals surface area (Å²) >= 11 is 0. The lowest BCUT2D eigenvalue weighted by atomic mass is 10.2. The molecule has 1 aliphatic rings. The Kier molecular flexibility index (Phi) is 5.29. The smallest absolute Gasteiger partial charge is 0.270 e. The van der Waals surface area contributed by atoms with Crippen molar-refractivity contribution in [2.24, 2.45) is 0 Å². The zero-order chi connectivity index (χ0) is 14.4. The van der Waals surface area contributed by atoms with Crippen LogP contribution in [0.3, 0.4) is 0 Å². The summed E-state index contributed by atoms with van der Waals surface area (Å²) in [5.41, 5.74) is 0.421. The summed E-state index contributed by atoms with van der Waals surface area (Å²) < 4.78 is 4.97. The predicted octanol–water partition coefficient (Wildman–Crippen LogP) is 1.52. The Bertz CT molecular complexity index is 458. The van der Waals surface area contributed by atoms with E-state index >= 15 is 0 Å². The molecule has 1 aromatic rings. The Morgan fingerprint density at radius 2 is 2.15 bits per heavy atom. The zero-order valence-electron chi connectivity index (χ0n) is 12.1. The van der Waals surface area contributed by atoms with Crippen LogP contribution in [0.4, 0.5) is 5.82 Å². The maximum Gasteiger partial charge on any atom is 0.270 e. The fourth-order valence-electron chi connectivity index (χ4n) is 2.39. The molecular formula is C14H22N4O2. The van der Waals surface area contributed by atoms with Crippen LogP contribution < -0.4 is 10.6 Å². The lowest BCUT2D eigenvalue weighted by molar-refractivity contribution is 0.0932. The minimum Gasteiger partial charge on any atom is -0.383 e. The molecule has 0 spiro atoms. The van der Waals surface area contributed by atoms with Crippen LogP contribution in [0.5, 0.6) is 0 Å². The minimum atomic E-state index is -0.114. The van der Waals surface area contributed by atoms with Crippen molar-refractivity contribution in [2.75, 3.05) is 25.6 Å². The number of aromatic nitrogens is 2. The fourth-order valence-corrected chi connectivity index (χ4v) is 2.39. The van der Waals surface area contributed by atoms with E-state index in [0.717, 1.165) is 12.8 Å². The molecule has 20 heavy (non-hydrogen) atoms. The minimum absolute atomic E-state index is 0.114. The van der Waals surface area contributed by atoms with Crippen molar-refractivity contribution >= 4 is 11.7 Å². The topological polar surface area (TPSA) is 76.1 Å². The van der Waals surface area contributed by atoms with E-state index in [1.54, 1.807) is 20.1 Å². The number of aryl methyl sites for hydroxylation is 1. The van der Waals surface area contributed by atoms with Gasteiger partial charge in [0.2, 0.25) is 0 Å². The van der Waals surface area contributed by atoms with Crippen molar-refractivity contribution in [1.29, 1.82) is 0 Å². The van der Waals surface area contributed by atoms with Gasteiger partial charge in [0.15, 0.2) is 0 Å². The van der Waals surface area contributed by atoms with Crippen molar-refractivity contribution in [2.45, 2.75) is 38.6 Å². The Morgan fingerprint density at radius 1 is 1.40 bits per heavy atom. The number of carbonyl (C=O) groups is 1. The molecule has 0 atom stereocenters. The maximum absolute atomic E-state index is 12.2. The summed E-state index contributed by atoms with van der Waals surface area (Å²) in [6, 6.07) is 1.98. The standard InChI is InChI=1S/C14H22N4O2/c1-10-16-12(9-13(17-10)15-7-8-20-2)14(19)18-11-5-3-4-6-11/h9,11H,3-8H2,1-2H3,(H,18,19)(H,15,16,17). The van der Waals surface area contributed by atoms with Gasteiger partial charge in [-0.05, 0) is 19.8 Å². The Labute approximate surface area is 119 Å². The number of hydrogen-bond donors (Lipinski definition) is 2. The highest BCUT2D eigenvalue weighted by molar-refractivity contribution is 5.93. The third-order valence-electron chi connectivity index (χ3n) is 3.37. The molecule has 1 fully saturated rings. The fraction of sp³-hybridized carbons (Fsp3) is 0.643. The molecule has 1 aromatic heterocycles. The van der Waals surface area contributed by atoms with E-state index in [1.807, 2.05) is 0 Å². The maximum atomic E-state index is 12.2. The SMILES string of the molecule is COCCNc1cc(C(=O)NC2CCCC2)nc(C)n1. The number of amides is 1. The second-order valence-electron chi connectivity index (χ2n) is 5.06. The largest absolute Gasteiger partial charge is 0.383 e. The molecule has 0 saturated heterocycles. The summed E-state index contributed by atoms with van der Waals surface area (Å²) in [4.78, 5) is 20.7. The molecule has 2 N–H and O–H groups in total. The van der Waals surface area contributed by atoms with Gasteiger partial charge in [0.1, 0.15) is 17.3 Å². The highest BCUT2D eigenvalue weighted by Gasteiger charge is 2.19. The first-order chi connectivity index (χ1) is 9.69. The highest BCUT2D eigenvalue weighted by Crippen LogP contribution is 2.18. The lowest BCUT2D eigenvalue weighted by Gasteiger charge is -2.12. The van der Waals surface area contributed by atoms with Crippen LogP contribution in [0.15, 0.2) is 6.07 Å². The van der Waals surface area contributed by atoms with Crippen molar-refractivity contribution < 1.29 is 9.53 Å². The number of rotatable bonds is 6. The molecule has 0 bridgehead atoms. The molecule has 1 aliphatic carbocycles. The average molecular weight is 278 g/mol. The first kappa shape index (κ1) is 14.7. The molecule has 2 rings (SSSR count). The highest BCUT2D eigenvalue weighted by atomic mass is 16.5. The van der Waals surface area contributed by atoms with Crippen LogP contribution in [0.1, 0.15) is 42.0 Å². The van der Waals surface area contributed by atoms with Gasteiger partial charge in [-0.3, -0.25) is 4.79 Å². The van der Waals surface area contributed by atoms with Gasteiger partial charge in [0.05, 0.1) is 6.61 Å². The molecule has 0 aromatic carbocycles. The summed E-state index contributed by atoms with van der Waals surface area (Å²) in [7, 11) is 1.65. The summed E-state index contributed by atoms with van der Waals surface area (Å²) in [5, 5.41) is 6.15. The van der Waals surface area contributed by atoms with E-state index in [2.05, 4.69) is 20.6 Å². The summed E-state index contributed by atoms with van der Waals surface area (Å²) in [6.07, 6.45) is 4.51. The number of ether oxygens (including phenoxy) is 1. The average Bonchev–Trinajstić information content (AvgIpc) is 2.91. The number of nitrogens with zero attached hydrogens (tertiary/aromatic N) is 2.